The van der Waals surface area contributed by atoms with Crippen LogP contribution >= 0.6 is 11.6 Å². The summed E-state index contributed by atoms with van der Waals surface area (Å²) in [7, 11) is 0. The summed E-state index contributed by atoms with van der Waals surface area (Å²) < 4.78 is 5.14. The van der Waals surface area contributed by atoms with E-state index in [4.69, 9.17) is 16.3 Å². The summed E-state index contributed by atoms with van der Waals surface area (Å²) in [4.78, 5) is 38.5. The smallest absolute Gasteiger partial charge is 0.338 e. The number of esters is 1. The molecule has 0 aromatic heterocycles. The van der Waals surface area contributed by atoms with Crippen LogP contribution in [0, 0.1) is 0 Å². The van der Waals surface area contributed by atoms with Crippen LogP contribution in [0.5, 0.6) is 0 Å². The van der Waals surface area contributed by atoms with Crippen molar-refractivity contribution in [2.75, 3.05) is 10.2 Å². The van der Waals surface area contributed by atoms with Gasteiger partial charge in [-0.05, 0) is 56.2 Å². The zero-order chi connectivity index (χ0) is 21.1. The van der Waals surface area contributed by atoms with Crippen LogP contribution < -0.4 is 10.2 Å². The number of imide groups is 1. The van der Waals surface area contributed by atoms with E-state index in [9.17, 15) is 14.4 Å². The lowest BCUT2D eigenvalue weighted by Gasteiger charge is -2.16. The first kappa shape index (κ1) is 20.6. The molecule has 7 heteroatoms. The Morgan fingerprint density at radius 2 is 1.72 bits per heavy atom. The Labute approximate surface area is 174 Å². The van der Waals surface area contributed by atoms with E-state index in [1.165, 1.54) is 24.3 Å². The van der Waals surface area contributed by atoms with Gasteiger partial charge in [-0.2, -0.15) is 0 Å². The lowest BCUT2D eigenvalue weighted by Crippen LogP contribution is -2.32. The number of carbonyl (C=O) groups is 3. The second-order valence-corrected chi connectivity index (χ2v) is 7.15. The highest BCUT2D eigenvalue weighted by Gasteiger charge is 2.39. The molecule has 0 fully saturated rings. The van der Waals surface area contributed by atoms with Crippen LogP contribution in [0.2, 0.25) is 0 Å². The van der Waals surface area contributed by atoms with Gasteiger partial charge in [-0.1, -0.05) is 36.7 Å². The molecule has 0 saturated carbocycles. The van der Waals surface area contributed by atoms with Crippen molar-refractivity contribution in [3.63, 3.8) is 0 Å². The van der Waals surface area contributed by atoms with E-state index in [1.54, 1.807) is 13.8 Å². The van der Waals surface area contributed by atoms with Crippen molar-refractivity contribution in [1.29, 1.82) is 0 Å². The summed E-state index contributed by atoms with van der Waals surface area (Å²) in [6.45, 7) is 5.51. The van der Waals surface area contributed by atoms with Gasteiger partial charge in [0.2, 0.25) is 0 Å². The summed E-state index contributed by atoms with van der Waals surface area (Å²) in [5, 5.41) is 2.83. The number of aryl methyl sites for hydroxylation is 1. The fourth-order valence-electron chi connectivity index (χ4n) is 2.96. The third kappa shape index (κ3) is 4.17. The van der Waals surface area contributed by atoms with Gasteiger partial charge in [0.1, 0.15) is 10.7 Å². The fraction of sp³-hybridized carbons (Fsp3) is 0.227. The largest absolute Gasteiger partial charge is 0.459 e. The van der Waals surface area contributed by atoms with E-state index in [-0.39, 0.29) is 16.8 Å². The Balaban J connectivity index is 1.84. The van der Waals surface area contributed by atoms with Crippen molar-refractivity contribution in [1.82, 2.24) is 0 Å². The quantitative estimate of drug-likeness (QED) is 0.567. The van der Waals surface area contributed by atoms with Gasteiger partial charge in [-0.15, -0.1) is 0 Å². The van der Waals surface area contributed by atoms with Gasteiger partial charge in [0.05, 0.1) is 17.4 Å². The van der Waals surface area contributed by atoms with Crippen molar-refractivity contribution >= 4 is 40.8 Å². The molecule has 1 N–H and O–H groups in total. The first-order valence-corrected chi connectivity index (χ1v) is 9.65. The SMILES string of the molecule is CCc1ccccc1NC1=C(Cl)C(=O)N(c2ccc(C(=O)OC(C)C)cc2)C1=O. The number of carbonyl (C=O) groups excluding carboxylic acids is 3. The molecule has 3 rings (SSSR count). The standard InChI is InChI=1S/C22H21ClN2O4/c1-4-14-7-5-6-8-17(14)24-19-18(23)20(26)25(21(19)27)16-11-9-15(10-12-16)22(28)29-13(2)3/h5-13,24H,4H2,1-3H3. The monoisotopic (exact) mass is 412 g/mol. The number of benzene rings is 2. The Hall–Kier alpha value is -3.12. The minimum atomic E-state index is -0.620. The normalized spacial score (nSPS) is 14.0. The van der Waals surface area contributed by atoms with E-state index >= 15 is 0 Å². The third-order valence-electron chi connectivity index (χ3n) is 4.39. The van der Waals surface area contributed by atoms with E-state index in [0.29, 0.717) is 11.3 Å². The lowest BCUT2D eigenvalue weighted by molar-refractivity contribution is -0.120. The number of hydrogen-bond acceptors (Lipinski definition) is 5. The lowest BCUT2D eigenvalue weighted by atomic mass is 10.1. The maximum absolute atomic E-state index is 12.9. The van der Waals surface area contributed by atoms with E-state index < -0.39 is 17.8 Å². The van der Waals surface area contributed by atoms with Gasteiger partial charge >= 0.3 is 5.97 Å². The molecule has 0 spiro atoms. The molecule has 1 aliphatic heterocycles. The second-order valence-electron chi connectivity index (χ2n) is 6.77. The van der Waals surface area contributed by atoms with E-state index in [1.807, 2.05) is 31.2 Å². The molecule has 1 aliphatic rings. The van der Waals surface area contributed by atoms with E-state index in [0.717, 1.165) is 22.6 Å². The highest BCUT2D eigenvalue weighted by Crippen LogP contribution is 2.31. The molecule has 0 radical (unpaired) electrons. The number of halogens is 1. The molecule has 29 heavy (non-hydrogen) atoms. The molecule has 150 valence electrons. The Morgan fingerprint density at radius 3 is 2.34 bits per heavy atom. The van der Waals surface area contributed by atoms with Crippen LogP contribution in [0.25, 0.3) is 0 Å². The predicted octanol–water partition coefficient (Wildman–Crippen LogP) is 4.25. The summed E-state index contributed by atoms with van der Waals surface area (Å²) in [6, 6.07) is 13.5. The van der Waals surface area contributed by atoms with Crippen molar-refractivity contribution in [2.24, 2.45) is 0 Å². The van der Waals surface area contributed by atoms with Gasteiger partial charge in [-0.3, -0.25) is 9.59 Å². The van der Waals surface area contributed by atoms with Crippen molar-refractivity contribution in [3.8, 4) is 0 Å². The molecule has 1 heterocycles. The molecular formula is C22H21ClN2O4. The van der Waals surface area contributed by atoms with Crippen LogP contribution in [0.1, 0.15) is 36.7 Å². The summed E-state index contributed by atoms with van der Waals surface area (Å²) >= 11 is 6.18. The molecule has 0 atom stereocenters. The maximum Gasteiger partial charge on any atom is 0.338 e. The molecule has 0 aliphatic carbocycles. The van der Waals surface area contributed by atoms with Crippen LogP contribution in [0.3, 0.4) is 0 Å². The molecular weight excluding hydrogens is 392 g/mol. The first-order chi connectivity index (χ1) is 13.8. The fourth-order valence-corrected chi connectivity index (χ4v) is 3.17. The molecule has 2 amide bonds. The number of para-hydroxylation sites is 1. The second kappa shape index (κ2) is 8.49. The maximum atomic E-state index is 12.9. The summed E-state index contributed by atoms with van der Waals surface area (Å²) in [6.07, 6.45) is 0.514. The minimum absolute atomic E-state index is 0.0286. The molecule has 6 nitrogen and oxygen atoms in total. The molecule has 2 aromatic carbocycles. The predicted molar refractivity (Wildman–Crippen MR) is 112 cm³/mol. The molecule has 0 bridgehead atoms. The van der Waals surface area contributed by atoms with Gasteiger partial charge in [-0.25, -0.2) is 9.69 Å². The topological polar surface area (TPSA) is 75.7 Å². The molecule has 0 unspecified atom stereocenters. The van der Waals surface area contributed by atoms with Gasteiger partial charge < -0.3 is 10.1 Å². The number of amides is 2. The van der Waals surface area contributed by atoms with Gasteiger partial charge in [0.25, 0.3) is 11.8 Å². The van der Waals surface area contributed by atoms with Crippen molar-refractivity contribution in [3.05, 3.63) is 70.4 Å². The minimum Gasteiger partial charge on any atom is -0.459 e. The first-order valence-electron chi connectivity index (χ1n) is 9.28. The average Bonchev–Trinajstić information content (AvgIpc) is 2.91. The average molecular weight is 413 g/mol. The number of ether oxygens (including phenoxy) is 1. The van der Waals surface area contributed by atoms with Gasteiger partial charge in [0.15, 0.2) is 0 Å². The van der Waals surface area contributed by atoms with Crippen LogP contribution in [-0.4, -0.2) is 23.9 Å². The number of nitrogens with zero attached hydrogens (tertiary/aromatic N) is 1. The molecule has 0 saturated heterocycles. The summed E-state index contributed by atoms with van der Waals surface area (Å²) in [5.74, 6) is -1.64. The highest BCUT2D eigenvalue weighted by atomic mass is 35.5. The van der Waals surface area contributed by atoms with Gasteiger partial charge in [0, 0.05) is 5.69 Å². The van der Waals surface area contributed by atoms with Crippen molar-refractivity contribution < 1.29 is 19.1 Å². The van der Waals surface area contributed by atoms with Crippen molar-refractivity contribution in [2.45, 2.75) is 33.3 Å². The Bertz CT molecular complexity index is 996. The third-order valence-corrected chi connectivity index (χ3v) is 4.74. The zero-order valence-electron chi connectivity index (χ0n) is 16.4. The van der Waals surface area contributed by atoms with Crippen LogP contribution in [0.4, 0.5) is 11.4 Å². The van der Waals surface area contributed by atoms with Crippen LogP contribution in [0.15, 0.2) is 59.3 Å². The highest BCUT2D eigenvalue weighted by molar-refractivity contribution is 6.53. The Morgan fingerprint density at radius 1 is 1.07 bits per heavy atom. The Kier molecular flexibility index (Phi) is 6.03. The molecule has 2 aromatic rings. The number of rotatable bonds is 6. The zero-order valence-corrected chi connectivity index (χ0v) is 17.1. The number of anilines is 2. The van der Waals surface area contributed by atoms with E-state index in [2.05, 4.69) is 5.32 Å². The van der Waals surface area contributed by atoms with Crippen LogP contribution in [-0.2, 0) is 20.7 Å². The number of nitrogens with one attached hydrogen (secondary N) is 1. The number of hydrogen-bond donors (Lipinski definition) is 1. The summed E-state index contributed by atoms with van der Waals surface area (Å²) in [5.41, 5.74) is 2.39.